The van der Waals surface area contributed by atoms with Crippen LogP contribution >= 0.6 is 0 Å². The van der Waals surface area contributed by atoms with Crippen LogP contribution in [-0.4, -0.2) is 17.6 Å². The first kappa shape index (κ1) is 11.9. The van der Waals surface area contributed by atoms with Gasteiger partial charge in [-0.2, -0.15) is 5.26 Å². The summed E-state index contributed by atoms with van der Waals surface area (Å²) in [4.78, 5) is 23.2. The molecule has 0 amide bonds. The van der Waals surface area contributed by atoms with Gasteiger partial charge in [-0.05, 0) is 12.1 Å². The van der Waals surface area contributed by atoms with Crippen molar-refractivity contribution in [1.82, 2.24) is 4.57 Å². The Labute approximate surface area is 103 Å². The van der Waals surface area contributed by atoms with Gasteiger partial charge in [0.25, 0.3) is 0 Å². The molecular formula is C13H10N2O3. The number of esters is 1. The maximum Gasteiger partial charge on any atom is 0.325 e. The van der Waals surface area contributed by atoms with Crippen molar-refractivity contribution in [2.75, 3.05) is 7.11 Å². The molecule has 0 aliphatic heterocycles. The molecular weight excluding hydrogens is 232 g/mol. The largest absolute Gasteiger partial charge is 0.468 e. The molecule has 2 rings (SSSR count). The minimum Gasteiger partial charge on any atom is -0.468 e. The van der Waals surface area contributed by atoms with Crippen molar-refractivity contribution in [3.63, 3.8) is 0 Å². The molecule has 5 heteroatoms. The van der Waals surface area contributed by atoms with Crippen molar-refractivity contribution in [3.8, 4) is 6.07 Å². The van der Waals surface area contributed by atoms with E-state index >= 15 is 0 Å². The Morgan fingerprint density at radius 1 is 1.44 bits per heavy atom. The van der Waals surface area contributed by atoms with Crippen LogP contribution in [0.5, 0.6) is 0 Å². The fraction of sp³-hybridized carbons (Fsp3) is 0.154. The average molecular weight is 242 g/mol. The van der Waals surface area contributed by atoms with Crippen LogP contribution in [0.25, 0.3) is 10.9 Å². The van der Waals surface area contributed by atoms with Crippen LogP contribution in [0.1, 0.15) is 5.56 Å². The van der Waals surface area contributed by atoms with E-state index in [1.165, 1.54) is 13.3 Å². The first-order valence-corrected chi connectivity index (χ1v) is 5.26. The van der Waals surface area contributed by atoms with E-state index in [0.29, 0.717) is 10.9 Å². The number of ether oxygens (including phenoxy) is 1. The Balaban J connectivity index is 2.73. The SMILES string of the molecule is COC(=O)Cn1cc(C#N)c(=O)c2ccccc21. The highest BCUT2D eigenvalue weighted by Gasteiger charge is 2.10. The number of hydrogen-bond acceptors (Lipinski definition) is 4. The number of carbonyl (C=O) groups is 1. The van der Waals surface area contributed by atoms with Crippen LogP contribution < -0.4 is 5.43 Å². The highest BCUT2D eigenvalue weighted by molar-refractivity contribution is 5.81. The molecule has 0 spiro atoms. The van der Waals surface area contributed by atoms with Gasteiger partial charge in [0.2, 0.25) is 5.43 Å². The van der Waals surface area contributed by atoms with Gasteiger partial charge in [-0.3, -0.25) is 9.59 Å². The zero-order valence-corrected chi connectivity index (χ0v) is 9.71. The Hall–Kier alpha value is -2.61. The van der Waals surface area contributed by atoms with E-state index in [4.69, 9.17) is 5.26 Å². The van der Waals surface area contributed by atoms with Crippen LogP contribution in [0, 0.1) is 11.3 Å². The molecule has 0 atom stereocenters. The van der Waals surface area contributed by atoms with E-state index < -0.39 is 5.97 Å². The van der Waals surface area contributed by atoms with Crippen molar-refractivity contribution < 1.29 is 9.53 Å². The molecule has 1 heterocycles. The standard InChI is InChI=1S/C13H10N2O3/c1-18-12(16)8-15-7-9(6-14)13(17)10-4-2-3-5-11(10)15/h2-5,7H,8H2,1H3. The summed E-state index contributed by atoms with van der Waals surface area (Å²) in [5.41, 5.74) is 0.290. The van der Waals surface area contributed by atoms with Crippen molar-refractivity contribution in [2.45, 2.75) is 6.54 Å². The molecule has 5 nitrogen and oxygen atoms in total. The van der Waals surface area contributed by atoms with E-state index in [0.717, 1.165) is 0 Å². The molecule has 90 valence electrons. The topological polar surface area (TPSA) is 72.1 Å². The van der Waals surface area contributed by atoms with Gasteiger partial charge in [-0.15, -0.1) is 0 Å². The minimum atomic E-state index is -0.437. The van der Waals surface area contributed by atoms with Crippen LogP contribution in [0.15, 0.2) is 35.3 Å². The van der Waals surface area contributed by atoms with Gasteiger partial charge in [-0.25, -0.2) is 0 Å². The van der Waals surface area contributed by atoms with Crippen LogP contribution in [0.3, 0.4) is 0 Å². The quantitative estimate of drug-likeness (QED) is 0.738. The number of para-hydroxylation sites is 1. The molecule has 0 bridgehead atoms. The molecule has 0 unspecified atom stereocenters. The molecule has 0 saturated heterocycles. The summed E-state index contributed by atoms with van der Waals surface area (Å²) in [6, 6.07) is 8.67. The predicted molar refractivity (Wildman–Crippen MR) is 64.9 cm³/mol. The molecule has 1 aromatic heterocycles. The number of nitriles is 1. The van der Waals surface area contributed by atoms with E-state index in [1.54, 1.807) is 28.8 Å². The molecule has 0 radical (unpaired) electrons. The number of pyridine rings is 1. The lowest BCUT2D eigenvalue weighted by Gasteiger charge is -2.09. The summed E-state index contributed by atoms with van der Waals surface area (Å²) in [5.74, 6) is -0.437. The third kappa shape index (κ3) is 1.96. The zero-order valence-electron chi connectivity index (χ0n) is 9.71. The number of benzene rings is 1. The van der Waals surface area contributed by atoms with Gasteiger partial charge in [0.05, 0.1) is 12.6 Å². The van der Waals surface area contributed by atoms with Crippen molar-refractivity contribution >= 4 is 16.9 Å². The third-order valence-electron chi connectivity index (χ3n) is 2.64. The second-order valence-electron chi connectivity index (χ2n) is 3.70. The number of methoxy groups -OCH3 is 1. The summed E-state index contributed by atoms with van der Waals surface area (Å²) in [7, 11) is 1.29. The number of rotatable bonds is 2. The maximum atomic E-state index is 11.9. The lowest BCUT2D eigenvalue weighted by molar-refractivity contribution is -0.141. The van der Waals surface area contributed by atoms with Crippen molar-refractivity contribution in [1.29, 1.82) is 5.26 Å². The molecule has 0 aliphatic carbocycles. The number of aromatic nitrogens is 1. The number of hydrogen-bond donors (Lipinski definition) is 0. The fourth-order valence-electron chi connectivity index (χ4n) is 1.76. The smallest absolute Gasteiger partial charge is 0.325 e. The normalized spacial score (nSPS) is 10.0. The van der Waals surface area contributed by atoms with Crippen LogP contribution in [0.2, 0.25) is 0 Å². The van der Waals surface area contributed by atoms with Crippen molar-refractivity contribution in [3.05, 3.63) is 46.2 Å². The molecule has 0 aliphatic rings. The van der Waals surface area contributed by atoms with Gasteiger partial charge < -0.3 is 9.30 Å². The summed E-state index contributed by atoms with van der Waals surface area (Å²) >= 11 is 0. The Morgan fingerprint density at radius 2 is 2.17 bits per heavy atom. The van der Waals surface area contributed by atoms with Gasteiger partial charge in [0, 0.05) is 11.6 Å². The first-order chi connectivity index (χ1) is 8.67. The van der Waals surface area contributed by atoms with Gasteiger partial charge in [0.1, 0.15) is 18.2 Å². The maximum absolute atomic E-state index is 11.9. The lowest BCUT2D eigenvalue weighted by atomic mass is 10.1. The van der Waals surface area contributed by atoms with Crippen molar-refractivity contribution in [2.24, 2.45) is 0 Å². The number of carbonyl (C=O) groups excluding carboxylic acids is 1. The summed E-state index contributed by atoms with van der Waals surface area (Å²) in [5, 5.41) is 9.33. The van der Waals surface area contributed by atoms with E-state index in [1.807, 2.05) is 6.07 Å². The number of fused-ring (bicyclic) bond motifs is 1. The fourth-order valence-corrected chi connectivity index (χ4v) is 1.76. The predicted octanol–water partition coefficient (Wildman–Crippen LogP) is 1.05. The molecule has 2 aromatic rings. The summed E-state index contributed by atoms with van der Waals surface area (Å²) < 4.78 is 6.13. The second kappa shape index (κ2) is 4.72. The van der Waals surface area contributed by atoms with E-state index in [9.17, 15) is 9.59 Å². The van der Waals surface area contributed by atoms with E-state index in [2.05, 4.69) is 4.74 Å². The summed E-state index contributed by atoms with van der Waals surface area (Å²) in [6.45, 7) is -0.0357. The lowest BCUT2D eigenvalue weighted by Crippen LogP contribution is -2.17. The Bertz CT molecular complexity index is 710. The monoisotopic (exact) mass is 242 g/mol. The molecule has 1 aromatic carbocycles. The van der Waals surface area contributed by atoms with Gasteiger partial charge in [-0.1, -0.05) is 12.1 Å². The highest BCUT2D eigenvalue weighted by Crippen LogP contribution is 2.11. The third-order valence-corrected chi connectivity index (χ3v) is 2.64. The van der Waals surface area contributed by atoms with Crippen LogP contribution in [-0.2, 0) is 16.1 Å². The molecule has 0 saturated carbocycles. The highest BCUT2D eigenvalue weighted by atomic mass is 16.5. The van der Waals surface area contributed by atoms with E-state index in [-0.39, 0.29) is 17.5 Å². The molecule has 0 N–H and O–H groups in total. The second-order valence-corrected chi connectivity index (χ2v) is 3.70. The first-order valence-electron chi connectivity index (χ1n) is 5.26. The Kier molecular flexibility index (Phi) is 3.11. The average Bonchev–Trinajstić information content (AvgIpc) is 2.41. The van der Waals surface area contributed by atoms with Gasteiger partial charge >= 0.3 is 5.97 Å². The minimum absolute atomic E-state index is 0.0117. The van der Waals surface area contributed by atoms with Gasteiger partial charge in [0.15, 0.2) is 0 Å². The zero-order chi connectivity index (χ0) is 13.1. The van der Waals surface area contributed by atoms with Crippen LogP contribution in [0.4, 0.5) is 0 Å². The molecule has 18 heavy (non-hydrogen) atoms. The Morgan fingerprint density at radius 3 is 2.83 bits per heavy atom. The molecule has 0 fully saturated rings. The summed E-state index contributed by atoms with van der Waals surface area (Å²) in [6.07, 6.45) is 1.38. The number of nitrogens with zero attached hydrogens (tertiary/aromatic N) is 2.